The van der Waals surface area contributed by atoms with Crippen LogP contribution in [0.5, 0.6) is 0 Å². The molecule has 3 N–H and O–H groups in total. The van der Waals surface area contributed by atoms with Crippen molar-refractivity contribution in [2.45, 2.75) is 18.6 Å². The number of halogens is 2. The maximum absolute atomic E-state index is 13.7. The van der Waals surface area contributed by atoms with Crippen LogP contribution in [0.3, 0.4) is 0 Å². The fourth-order valence-electron chi connectivity index (χ4n) is 2.37. The largest absolute Gasteiger partial charge is 0.396 e. The number of rotatable bonds is 2. The fourth-order valence-corrected chi connectivity index (χ4v) is 2.37. The van der Waals surface area contributed by atoms with E-state index >= 15 is 0 Å². The third kappa shape index (κ3) is 1.94. The summed E-state index contributed by atoms with van der Waals surface area (Å²) in [6.07, 6.45) is -0.255. The second kappa shape index (κ2) is 4.33. The normalized spacial score (nSPS) is 33.0. The van der Waals surface area contributed by atoms with Crippen LogP contribution in [0.25, 0.3) is 0 Å². The number of aliphatic hydroxyl groups excluding tert-OH is 1. The number of aliphatic hydroxyl groups is 1. The van der Waals surface area contributed by atoms with Crippen LogP contribution < -0.4 is 5.73 Å². The molecule has 0 spiro atoms. The molecule has 0 bridgehead atoms. The standard InChI is InChI=1S/C12H15F2NO2/c1-7-10(5-16)12(15,6-17-7)9-3-2-8(13)4-11(9)14/h2-4,7,10,16H,5-6,15H2,1H3. The van der Waals surface area contributed by atoms with Crippen molar-refractivity contribution >= 4 is 0 Å². The van der Waals surface area contributed by atoms with Gasteiger partial charge in [0.05, 0.1) is 24.9 Å². The quantitative estimate of drug-likeness (QED) is 0.819. The summed E-state index contributed by atoms with van der Waals surface area (Å²) in [6.45, 7) is 1.69. The van der Waals surface area contributed by atoms with E-state index in [-0.39, 0.29) is 24.9 Å². The molecule has 5 heteroatoms. The zero-order valence-electron chi connectivity index (χ0n) is 9.49. The van der Waals surface area contributed by atoms with Gasteiger partial charge in [0.25, 0.3) is 0 Å². The second-order valence-corrected chi connectivity index (χ2v) is 4.47. The van der Waals surface area contributed by atoms with E-state index in [0.29, 0.717) is 0 Å². The van der Waals surface area contributed by atoms with Gasteiger partial charge in [0.2, 0.25) is 0 Å². The van der Waals surface area contributed by atoms with Crippen molar-refractivity contribution in [1.82, 2.24) is 0 Å². The Morgan fingerprint density at radius 1 is 1.53 bits per heavy atom. The fraction of sp³-hybridized carbons (Fsp3) is 0.500. The molecule has 3 nitrogen and oxygen atoms in total. The lowest BCUT2D eigenvalue weighted by Gasteiger charge is -2.30. The first-order valence-corrected chi connectivity index (χ1v) is 5.46. The summed E-state index contributed by atoms with van der Waals surface area (Å²) in [7, 11) is 0. The van der Waals surface area contributed by atoms with E-state index in [9.17, 15) is 13.9 Å². The highest BCUT2D eigenvalue weighted by atomic mass is 19.1. The van der Waals surface area contributed by atoms with Crippen molar-refractivity contribution in [2.75, 3.05) is 13.2 Å². The smallest absolute Gasteiger partial charge is 0.131 e. The SMILES string of the molecule is CC1OCC(N)(c2ccc(F)cc2F)C1CO. The Bertz CT molecular complexity index is 427. The van der Waals surface area contributed by atoms with Gasteiger partial charge in [-0.2, -0.15) is 0 Å². The van der Waals surface area contributed by atoms with Gasteiger partial charge in [-0.05, 0) is 13.0 Å². The minimum absolute atomic E-state index is 0.113. The average molecular weight is 243 g/mol. The highest BCUT2D eigenvalue weighted by molar-refractivity contribution is 5.29. The molecule has 1 heterocycles. The van der Waals surface area contributed by atoms with E-state index in [1.54, 1.807) is 6.92 Å². The molecule has 3 atom stereocenters. The Morgan fingerprint density at radius 2 is 2.24 bits per heavy atom. The average Bonchev–Trinajstić information content (AvgIpc) is 2.55. The molecule has 0 saturated carbocycles. The molecule has 0 amide bonds. The number of hydrogen-bond donors (Lipinski definition) is 2. The molecule has 1 fully saturated rings. The molecule has 94 valence electrons. The molecule has 1 aromatic carbocycles. The van der Waals surface area contributed by atoms with E-state index in [2.05, 4.69) is 0 Å². The maximum Gasteiger partial charge on any atom is 0.131 e. The number of nitrogens with two attached hydrogens (primary N) is 1. The molecule has 0 radical (unpaired) electrons. The molecule has 2 rings (SSSR count). The van der Waals surface area contributed by atoms with E-state index in [4.69, 9.17) is 10.5 Å². The monoisotopic (exact) mass is 243 g/mol. The molecule has 0 aromatic heterocycles. The summed E-state index contributed by atoms with van der Waals surface area (Å²) in [4.78, 5) is 0. The first-order valence-electron chi connectivity index (χ1n) is 5.46. The minimum atomic E-state index is -1.11. The zero-order valence-corrected chi connectivity index (χ0v) is 9.49. The zero-order chi connectivity index (χ0) is 12.6. The molecule has 1 aliphatic rings. The van der Waals surface area contributed by atoms with E-state index < -0.39 is 23.1 Å². The lowest BCUT2D eigenvalue weighted by atomic mass is 9.79. The summed E-state index contributed by atoms with van der Waals surface area (Å²) >= 11 is 0. The summed E-state index contributed by atoms with van der Waals surface area (Å²) in [5, 5.41) is 9.32. The van der Waals surface area contributed by atoms with Crippen molar-refractivity contribution < 1.29 is 18.6 Å². The van der Waals surface area contributed by atoms with E-state index in [1.165, 1.54) is 6.07 Å². The number of ether oxygens (including phenoxy) is 1. The Labute approximate surface area is 98.2 Å². The highest BCUT2D eigenvalue weighted by Gasteiger charge is 2.47. The molecule has 1 saturated heterocycles. The van der Waals surface area contributed by atoms with Gasteiger partial charge in [-0.1, -0.05) is 6.07 Å². The van der Waals surface area contributed by atoms with Crippen LogP contribution in [-0.2, 0) is 10.3 Å². The maximum atomic E-state index is 13.7. The third-order valence-corrected chi connectivity index (χ3v) is 3.44. The van der Waals surface area contributed by atoms with Crippen LogP contribution in [0.2, 0.25) is 0 Å². The minimum Gasteiger partial charge on any atom is -0.396 e. The molecule has 17 heavy (non-hydrogen) atoms. The highest BCUT2D eigenvalue weighted by Crippen LogP contribution is 2.38. The summed E-state index contributed by atoms with van der Waals surface area (Å²) in [6, 6.07) is 3.26. The van der Waals surface area contributed by atoms with Crippen LogP contribution in [0.4, 0.5) is 8.78 Å². The van der Waals surface area contributed by atoms with Crippen LogP contribution in [0.15, 0.2) is 18.2 Å². The van der Waals surface area contributed by atoms with Gasteiger partial charge in [0.1, 0.15) is 11.6 Å². The van der Waals surface area contributed by atoms with Crippen molar-refractivity contribution in [3.05, 3.63) is 35.4 Å². The van der Waals surface area contributed by atoms with Gasteiger partial charge < -0.3 is 15.6 Å². The molecular weight excluding hydrogens is 228 g/mol. The van der Waals surface area contributed by atoms with Crippen LogP contribution >= 0.6 is 0 Å². The number of benzene rings is 1. The molecule has 1 aliphatic heterocycles. The van der Waals surface area contributed by atoms with Crippen LogP contribution in [0, 0.1) is 17.6 Å². The first kappa shape index (κ1) is 12.4. The van der Waals surface area contributed by atoms with Crippen molar-refractivity contribution in [1.29, 1.82) is 0 Å². The molecular formula is C12H15F2NO2. The Kier molecular flexibility index (Phi) is 3.16. The van der Waals surface area contributed by atoms with Gasteiger partial charge in [0.15, 0.2) is 0 Å². The first-order chi connectivity index (χ1) is 7.99. The van der Waals surface area contributed by atoms with E-state index in [1.807, 2.05) is 0 Å². The van der Waals surface area contributed by atoms with Gasteiger partial charge in [-0.3, -0.25) is 0 Å². The molecule has 3 unspecified atom stereocenters. The third-order valence-electron chi connectivity index (χ3n) is 3.44. The second-order valence-electron chi connectivity index (χ2n) is 4.47. The summed E-state index contributed by atoms with van der Waals surface area (Å²) in [5.41, 5.74) is 5.21. The van der Waals surface area contributed by atoms with Crippen molar-refractivity contribution in [3.63, 3.8) is 0 Å². The summed E-state index contributed by atoms with van der Waals surface area (Å²) < 4.78 is 31.9. The van der Waals surface area contributed by atoms with Gasteiger partial charge in [-0.15, -0.1) is 0 Å². The Morgan fingerprint density at radius 3 is 2.82 bits per heavy atom. The van der Waals surface area contributed by atoms with Crippen LogP contribution in [-0.4, -0.2) is 24.4 Å². The predicted octanol–water partition coefficient (Wildman–Crippen LogP) is 1.15. The number of hydrogen-bond acceptors (Lipinski definition) is 3. The van der Waals surface area contributed by atoms with Crippen molar-refractivity contribution in [3.8, 4) is 0 Å². The Balaban J connectivity index is 2.44. The van der Waals surface area contributed by atoms with Crippen LogP contribution in [0.1, 0.15) is 12.5 Å². The molecule has 0 aliphatic carbocycles. The van der Waals surface area contributed by atoms with Crippen molar-refractivity contribution in [2.24, 2.45) is 11.7 Å². The van der Waals surface area contributed by atoms with Gasteiger partial charge in [-0.25, -0.2) is 8.78 Å². The lowest BCUT2D eigenvalue weighted by Crippen LogP contribution is -2.47. The Hall–Kier alpha value is -1.04. The topological polar surface area (TPSA) is 55.5 Å². The predicted molar refractivity (Wildman–Crippen MR) is 58.2 cm³/mol. The molecule has 1 aromatic rings. The van der Waals surface area contributed by atoms with Gasteiger partial charge in [0, 0.05) is 17.5 Å². The summed E-state index contributed by atoms with van der Waals surface area (Å²) in [5.74, 6) is -1.76. The lowest BCUT2D eigenvalue weighted by molar-refractivity contribution is 0.0861. The van der Waals surface area contributed by atoms with Gasteiger partial charge >= 0.3 is 0 Å². The van der Waals surface area contributed by atoms with E-state index in [0.717, 1.165) is 12.1 Å².